The number of aliphatic hydroxyl groups is 2. The lowest BCUT2D eigenvalue weighted by Crippen LogP contribution is -2.44. The molecule has 1 aliphatic heterocycles. The average molecular weight is 516 g/mol. The Balaban J connectivity index is 1.32. The molecule has 0 aromatic heterocycles. The summed E-state index contributed by atoms with van der Waals surface area (Å²) in [6, 6.07) is 25.9. The molecule has 0 saturated carbocycles. The van der Waals surface area contributed by atoms with Crippen molar-refractivity contribution in [2.75, 3.05) is 26.7 Å². The van der Waals surface area contributed by atoms with Crippen molar-refractivity contribution in [1.82, 2.24) is 4.90 Å². The number of carbonyl (C=O) groups excluding carboxylic acids is 1. The average Bonchev–Trinajstić information content (AvgIpc) is 2.97. The summed E-state index contributed by atoms with van der Waals surface area (Å²) in [5.41, 5.74) is 3.72. The highest BCUT2D eigenvalue weighted by atomic mass is 16.5. The molecule has 1 heterocycles. The molecule has 5 nitrogen and oxygen atoms in total. The minimum absolute atomic E-state index is 0.142. The Hall–Kier alpha value is -2.99. The van der Waals surface area contributed by atoms with Gasteiger partial charge in [-0.15, -0.1) is 0 Å². The van der Waals surface area contributed by atoms with E-state index in [9.17, 15) is 15.0 Å². The minimum Gasteiger partial charge on any atom is -0.469 e. The van der Waals surface area contributed by atoms with E-state index in [-0.39, 0.29) is 17.8 Å². The summed E-state index contributed by atoms with van der Waals surface area (Å²) < 4.78 is 4.87. The number of carbonyl (C=O) groups is 1. The summed E-state index contributed by atoms with van der Waals surface area (Å²) >= 11 is 0. The topological polar surface area (TPSA) is 70.0 Å². The Kier molecular flexibility index (Phi) is 9.37. The second-order valence-corrected chi connectivity index (χ2v) is 10.6. The molecule has 0 bridgehead atoms. The van der Waals surface area contributed by atoms with Gasteiger partial charge in [-0.05, 0) is 92.9 Å². The molecule has 3 aromatic carbocycles. The van der Waals surface area contributed by atoms with Crippen molar-refractivity contribution in [3.05, 3.63) is 107 Å². The van der Waals surface area contributed by atoms with Crippen LogP contribution in [0, 0.1) is 12.8 Å². The molecule has 4 rings (SSSR count). The van der Waals surface area contributed by atoms with Crippen molar-refractivity contribution in [2.45, 2.75) is 57.2 Å². The molecule has 202 valence electrons. The van der Waals surface area contributed by atoms with Crippen molar-refractivity contribution < 1.29 is 19.7 Å². The molecule has 0 spiro atoms. The van der Waals surface area contributed by atoms with Gasteiger partial charge in [0.2, 0.25) is 0 Å². The molecule has 2 N–H and O–H groups in total. The van der Waals surface area contributed by atoms with E-state index in [1.807, 2.05) is 92.7 Å². The predicted octanol–water partition coefficient (Wildman–Crippen LogP) is 5.73. The number of esters is 1. The molecule has 1 saturated heterocycles. The molecule has 3 aromatic rings. The van der Waals surface area contributed by atoms with Gasteiger partial charge in [0.25, 0.3) is 0 Å². The third-order valence-corrected chi connectivity index (χ3v) is 8.26. The Bertz CT molecular complexity index is 1130. The first-order valence-corrected chi connectivity index (χ1v) is 13.8. The highest BCUT2D eigenvalue weighted by molar-refractivity contribution is 5.78. The number of piperidine rings is 1. The number of hydrogen-bond donors (Lipinski definition) is 2. The van der Waals surface area contributed by atoms with Crippen LogP contribution in [-0.4, -0.2) is 47.8 Å². The van der Waals surface area contributed by atoms with Crippen molar-refractivity contribution in [1.29, 1.82) is 0 Å². The summed E-state index contributed by atoms with van der Waals surface area (Å²) in [6.45, 7) is 6.61. The van der Waals surface area contributed by atoms with Crippen LogP contribution in [0.3, 0.4) is 0 Å². The zero-order chi connectivity index (χ0) is 27.1. The van der Waals surface area contributed by atoms with Crippen LogP contribution in [0.15, 0.2) is 78.9 Å². The lowest BCUT2D eigenvalue weighted by atomic mass is 9.72. The first-order valence-electron chi connectivity index (χ1n) is 13.8. The standard InChI is InChI=1S/C33H41NO4/c1-24-23-26(16-17-30(24)25(2)32(36)38-3)31(35)15-10-20-34-21-18-29(19-22-34)33(37,27-11-6-4-7-12-27)28-13-8-5-9-14-28/h4-9,11-14,16-17,23,25,29,31,35,37H,10,15,18-22H2,1-3H3/t25?,31-/m0/s1. The number of hydrogen-bond acceptors (Lipinski definition) is 5. The molecule has 1 fully saturated rings. The van der Waals surface area contributed by atoms with Gasteiger partial charge in [-0.25, -0.2) is 0 Å². The maximum absolute atomic E-state index is 12.1. The first-order chi connectivity index (χ1) is 18.3. The van der Waals surface area contributed by atoms with Crippen LogP contribution in [-0.2, 0) is 15.1 Å². The number of ether oxygens (including phenoxy) is 1. The highest BCUT2D eigenvalue weighted by Crippen LogP contribution is 2.42. The summed E-state index contributed by atoms with van der Waals surface area (Å²) in [6.07, 6.45) is 2.88. The van der Waals surface area contributed by atoms with Gasteiger partial charge in [0.15, 0.2) is 0 Å². The van der Waals surface area contributed by atoms with E-state index >= 15 is 0 Å². The van der Waals surface area contributed by atoms with Crippen LogP contribution in [0.25, 0.3) is 0 Å². The fourth-order valence-electron chi connectivity index (χ4n) is 5.97. The lowest BCUT2D eigenvalue weighted by Gasteiger charge is -2.42. The van der Waals surface area contributed by atoms with Crippen LogP contribution < -0.4 is 0 Å². The van der Waals surface area contributed by atoms with Gasteiger partial charge in [0, 0.05) is 0 Å². The summed E-state index contributed by atoms with van der Waals surface area (Å²) in [7, 11) is 1.40. The molecular formula is C33H41NO4. The van der Waals surface area contributed by atoms with Gasteiger partial charge < -0.3 is 19.8 Å². The third-order valence-electron chi connectivity index (χ3n) is 8.26. The molecular weight excluding hydrogens is 474 g/mol. The second-order valence-electron chi connectivity index (χ2n) is 10.6. The number of aryl methyl sites for hydroxylation is 1. The quantitative estimate of drug-likeness (QED) is 0.337. The predicted molar refractivity (Wildman–Crippen MR) is 151 cm³/mol. The number of rotatable bonds is 10. The molecule has 0 aliphatic carbocycles. The monoisotopic (exact) mass is 515 g/mol. The van der Waals surface area contributed by atoms with Crippen molar-refractivity contribution in [3.63, 3.8) is 0 Å². The lowest BCUT2D eigenvalue weighted by molar-refractivity contribution is -0.142. The van der Waals surface area contributed by atoms with E-state index in [1.165, 1.54) is 7.11 Å². The first kappa shape index (κ1) is 28.0. The van der Waals surface area contributed by atoms with Crippen LogP contribution >= 0.6 is 0 Å². The zero-order valence-corrected chi connectivity index (χ0v) is 22.8. The van der Waals surface area contributed by atoms with Gasteiger partial charge in [-0.2, -0.15) is 0 Å². The van der Waals surface area contributed by atoms with Crippen molar-refractivity contribution >= 4 is 5.97 Å². The summed E-state index contributed by atoms with van der Waals surface area (Å²) in [4.78, 5) is 14.4. The Labute approximate surface area is 227 Å². The van der Waals surface area contributed by atoms with Gasteiger partial charge in [0.1, 0.15) is 5.60 Å². The van der Waals surface area contributed by atoms with E-state index in [0.717, 1.165) is 66.7 Å². The summed E-state index contributed by atoms with van der Waals surface area (Å²) in [5.74, 6) is -0.435. The Morgan fingerprint density at radius 1 is 1.00 bits per heavy atom. The van der Waals surface area contributed by atoms with E-state index in [0.29, 0.717) is 6.42 Å². The number of aliphatic hydroxyl groups excluding tert-OH is 1. The van der Waals surface area contributed by atoms with E-state index in [1.54, 1.807) is 0 Å². The van der Waals surface area contributed by atoms with E-state index < -0.39 is 11.7 Å². The smallest absolute Gasteiger partial charge is 0.312 e. The number of benzene rings is 3. The Morgan fingerprint density at radius 3 is 2.11 bits per heavy atom. The maximum Gasteiger partial charge on any atom is 0.312 e. The third kappa shape index (κ3) is 6.17. The number of likely N-dealkylation sites (tertiary alicyclic amines) is 1. The number of nitrogens with zero attached hydrogens (tertiary/aromatic N) is 1. The summed E-state index contributed by atoms with van der Waals surface area (Å²) in [5, 5.41) is 22.9. The maximum atomic E-state index is 12.1. The highest BCUT2D eigenvalue weighted by Gasteiger charge is 2.41. The fraction of sp³-hybridized carbons (Fsp3) is 0.424. The van der Waals surface area contributed by atoms with Crippen molar-refractivity contribution in [2.24, 2.45) is 5.92 Å². The van der Waals surface area contributed by atoms with Crippen LogP contribution in [0.5, 0.6) is 0 Å². The normalized spacial score (nSPS) is 16.7. The SMILES string of the molecule is COC(=O)C(C)c1ccc([C@@H](O)CCCN2CCC(C(O)(c3ccccc3)c3ccccc3)CC2)cc1C. The molecule has 0 amide bonds. The molecule has 1 aliphatic rings. The molecule has 2 atom stereocenters. The molecule has 5 heteroatoms. The van der Waals surface area contributed by atoms with Crippen LogP contribution in [0.2, 0.25) is 0 Å². The second kappa shape index (κ2) is 12.7. The minimum atomic E-state index is -1.000. The van der Waals surface area contributed by atoms with E-state index in [4.69, 9.17) is 4.74 Å². The van der Waals surface area contributed by atoms with Crippen LogP contribution in [0.4, 0.5) is 0 Å². The molecule has 1 unspecified atom stereocenters. The van der Waals surface area contributed by atoms with Crippen LogP contribution in [0.1, 0.15) is 72.4 Å². The van der Waals surface area contributed by atoms with Gasteiger partial charge >= 0.3 is 5.97 Å². The largest absolute Gasteiger partial charge is 0.469 e. The van der Waals surface area contributed by atoms with Gasteiger partial charge in [-0.3, -0.25) is 4.79 Å². The van der Waals surface area contributed by atoms with Crippen molar-refractivity contribution in [3.8, 4) is 0 Å². The van der Waals surface area contributed by atoms with Gasteiger partial charge in [0.05, 0.1) is 19.1 Å². The van der Waals surface area contributed by atoms with Gasteiger partial charge in [-0.1, -0.05) is 78.9 Å². The number of methoxy groups -OCH3 is 1. The fourth-order valence-corrected chi connectivity index (χ4v) is 5.97. The molecule has 38 heavy (non-hydrogen) atoms. The zero-order valence-electron chi connectivity index (χ0n) is 22.8. The molecule has 0 radical (unpaired) electrons. The van der Waals surface area contributed by atoms with E-state index in [2.05, 4.69) is 4.90 Å². The Morgan fingerprint density at radius 2 is 1.58 bits per heavy atom.